The highest BCUT2D eigenvalue weighted by Crippen LogP contribution is 2.27. The van der Waals surface area contributed by atoms with Gasteiger partial charge >= 0.3 is 5.97 Å². The highest BCUT2D eigenvalue weighted by Gasteiger charge is 2.23. The number of nitrogens with zero attached hydrogens (tertiary/aromatic N) is 1. The fourth-order valence-corrected chi connectivity index (χ4v) is 2.46. The van der Waals surface area contributed by atoms with Crippen LogP contribution in [0.4, 0.5) is 0 Å². The number of likely N-dealkylation sites (tertiary alicyclic amines) is 1. The summed E-state index contributed by atoms with van der Waals surface area (Å²) in [6, 6.07) is 7.03. The number of carbonyl (C=O) groups is 2. The van der Waals surface area contributed by atoms with Gasteiger partial charge in [-0.15, -0.1) is 0 Å². The molecule has 1 fully saturated rings. The molecule has 1 aliphatic rings. The van der Waals surface area contributed by atoms with Crippen molar-refractivity contribution in [2.24, 2.45) is 0 Å². The summed E-state index contributed by atoms with van der Waals surface area (Å²) in [5.41, 5.74) is 1.33. The van der Waals surface area contributed by atoms with Crippen molar-refractivity contribution < 1.29 is 14.7 Å². The summed E-state index contributed by atoms with van der Waals surface area (Å²) in [7, 11) is 0. The second kappa shape index (κ2) is 5.21. The van der Waals surface area contributed by atoms with Gasteiger partial charge in [0.1, 0.15) is 0 Å². The molecule has 1 aliphatic heterocycles. The van der Waals surface area contributed by atoms with Gasteiger partial charge in [0, 0.05) is 25.9 Å². The number of carboxylic acids is 1. The summed E-state index contributed by atoms with van der Waals surface area (Å²) in [5, 5.41) is 8.98. The summed E-state index contributed by atoms with van der Waals surface area (Å²) in [4.78, 5) is 24.2. The number of carboxylic acid groups (broad SMARTS) is 1. The summed E-state index contributed by atoms with van der Waals surface area (Å²) < 4.78 is 0. The number of piperidine rings is 1. The zero-order valence-electron chi connectivity index (χ0n) is 10.4. The Morgan fingerprint density at radius 1 is 1.39 bits per heavy atom. The molecule has 4 heteroatoms. The maximum atomic E-state index is 11.4. The maximum absolute atomic E-state index is 11.4. The van der Waals surface area contributed by atoms with E-state index in [1.165, 1.54) is 0 Å². The first-order valence-electron chi connectivity index (χ1n) is 6.16. The number of amides is 1. The summed E-state index contributed by atoms with van der Waals surface area (Å²) >= 11 is 0. The lowest BCUT2D eigenvalue weighted by molar-refractivity contribution is -0.130. The monoisotopic (exact) mass is 247 g/mol. The van der Waals surface area contributed by atoms with Crippen LogP contribution >= 0.6 is 0 Å². The minimum Gasteiger partial charge on any atom is -0.478 e. The van der Waals surface area contributed by atoms with Gasteiger partial charge in [0.2, 0.25) is 5.91 Å². The first kappa shape index (κ1) is 12.6. The van der Waals surface area contributed by atoms with E-state index in [0.29, 0.717) is 12.1 Å². The van der Waals surface area contributed by atoms with Crippen LogP contribution in [0, 0.1) is 0 Å². The fourth-order valence-electron chi connectivity index (χ4n) is 2.46. The third-order valence-corrected chi connectivity index (χ3v) is 3.47. The molecular weight excluding hydrogens is 230 g/mol. The molecule has 1 aromatic carbocycles. The van der Waals surface area contributed by atoms with E-state index < -0.39 is 5.97 Å². The number of aromatic carboxylic acids is 1. The summed E-state index contributed by atoms with van der Waals surface area (Å²) in [5.74, 6) is -0.563. The van der Waals surface area contributed by atoms with Gasteiger partial charge in [-0.05, 0) is 30.5 Å². The molecule has 1 N–H and O–H groups in total. The zero-order chi connectivity index (χ0) is 13.1. The topological polar surface area (TPSA) is 57.6 Å². The molecule has 4 nitrogen and oxygen atoms in total. The van der Waals surface area contributed by atoms with Crippen LogP contribution < -0.4 is 0 Å². The summed E-state index contributed by atoms with van der Waals surface area (Å²) in [6.07, 6.45) is 1.98. The molecule has 0 spiro atoms. The normalized spacial score (nSPS) is 19.6. The minimum absolute atomic E-state index is 0.0917. The SMILES string of the molecule is CC(=O)N1CCCC(c2cccc(C(=O)O)c2)C1. The Hall–Kier alpha value is -1.84. The molecule has 0 aliphatic carbocycles. The standard InChI is InChI=1S/C14H17NO3/c1-10(16)15-7-3-6-13(9-15)11-4-2-5-12(8-11)14(17)18/h2,4-5,8,13H,3,6-7,9H2,1H3,(H,17,18). The van der Waals surface area contributed by atoms with Crippen LogP contribution in [0.1, 0.15) is 41.6 Å². The smallest absolute Gasteiger partial charge is 0.335 e. The van der Waals surface area contributed by atoms with Crippen LogP contribution in [0.5, 0.6) is 0 Å². The maximum Gasteiger partial charge on any atom is 0.335 e. The van der Waals surface area contributed by atoms with Gasteiger partial charge in [0.15, 0.2) is 0 Å². The van der Waals surface area contributed by atoms with Crippen molar-refractivity contribution in [1.82, 2.24) is 4.90 Å². The molecule has 18 heavy (non-hydrogen) atoms. The number of hydrogen-bond acceptors (Lipinski definition) is 2. The van der Waals surface area contributed by atoms with Crippen LogP contribution in [0.25, 0.3) is 0 Å². The van der Waals surface area contributed by atoms with Crippen LogP contribution in [0.15, 0.2) is 24.3 Å². The lowest BCUT2D eigenvalue weighted by Crippen LogP contribution is -2.37. The highest BCUT2D eigenvalue weighted by atomic mass is 16.4. The van der Waals surface area contributed by atoms with Gasteiger partial charge in [0.25, 0.3) is 0 Å². The van der Waals surface area contributed by atoms with E-state index in [0.717, 1.165) is 24.9 Å². The molecule has 1 aromatic rings. The Bertz CT molecular complexity index is 470. The molecule has 0 bridgehead atoms. The van der Waals surface area contributed by atoms with E-state index in [-0.39, 0.29) is 11.8 Å². The van der Waals surface area contributed by atoms with E-state index >= 15 is 0 Å². The molecule has 0 saturated carbocycles. The van der Waals surface area contributed by atoms with Gasteiger partial charge in [-0.3, -0.25) is 4.79 Å². The molecule has 1 amide bonds. The Morgan fingerprint density at radius 3 is 2.83 bits per heavy atom. The van der Waals surface area contributed by atoms with Crippen molar-refractivity contribution in [2.45, 2.75) is 25.7 Å². The Labute approximate surface area is 106 Å². The summed E-state index contributed by atoms with van der Waals surface area (Å²) in [6.45, 7) is 3.08. The third-order valence-electron chi connectivity index (χ3n) is 3.47. The first-order valence-corrected chi connectivity index (χ1v) is 6.16. The van der Waals surface area contributed by atoms with Crippen molar-refractivity contribution in [1.29, 1.82) is 0 Å². The molecule has 1 heterocycles. The quantitative estimate of drug-likeness (QED) is 0.870. The molecule has 0 aromatic heterocycles. The number of hydrogen-bond donors (Lipinski definition) is 1. The van der Waals surface area contributed by atoms with Crippen LogP contribution in [0.2, 0.25) is 0 Å². The Balaban J connectivity index is 2.18. The van der Waals surface area contributed by atoms with Gasteiger partial charge in [0.05, 0.1) is 5.56 Å². The molecule has 0 radical (unpaired) electrons. The van der Waals surface area contributed by atoms with Gasteiger partial charge in [-0.1, -0.05) is 12.1 Å². The van der Waals surface area contributed by atoms with Crippen molar-refractivity contribution in [3.8, 4) is 0 Å². The number of rotatable bonds is 2. The predicted octanol–water partition coefficient (Wildman–Crippen LogP) is 2.11. The molecule has 1 unspecified atom stereocenters. The second-order valence-electron chi connectivity index (χ2n) is 4.73. The lowest BCUT2D eigenvalue weighted by Gasteiger charge is -2.32. The predicted molar refractivity (Wildman–Crippen MR) is 67.6 cm³/mol. The molecular formula is C14H17NO3. The van der Waals surface area contributed by atoms with Crippen LogP contribution in [-0.2, 0) is 4.79 Å². The zero-order valence-corrected chi connectivity index (χ0v) is 10.4. The minimum atomic E-state index is -0.906. The average Bonchev–Trinajstić information content (AvgIpc) is 2.39. The average molecular weight is 247 g/mol. The van der Waals surface area contributed by atoms with Crippen molar-refractivity contribution >= 4 is 11.9 Å². The van der Waals surface area contributed by atoms with Gasteiger partial charge in [-0.25, -0.2) is 4.79 Å². The number of benzene rings is 1. The Morgan fingerprint density at radius 2 is 2.17 bits per heavy atom. The lowest BCUT2D eigenvalue weighted by atomic mass is 9.89. The van der Waals surface area contributed by atoms with Crippen molar-refractivity contribution in [2.75, 3.05) is 13.1 Å². The first-order chi connectivity index (χ1) is 8.58. The number of carbonyl (C=O) groups excluding carboxylic acids is 1. The van der Waals surface area contributed by atoms with Gasteiger partial charge in [-0.2, -0.15) is 0 Å². The van der Waals surface area contributed by atoms with E-state index in [1.807, 2.05) is 11.0 Å². The molecule has 2 rings (SSSR count). The van der Waals surface area contributed by atoms with Crippen molar-refractivity contribution in [3.63, 3.8) is 0 Å². The van der Waals surface area contributed by atoms with Gasteiger partial charge < -0.3 is 10.0 Å². The highest BCUT2D eigenvalue weighted by molar-refractivity contribution is 5.87. The third kappa shape index (κ3) is 2.70. The van der Waals surface area contributed by atoms with Crippen LogP contribution in [-0.4, -0.2) is 35.0 Å². The van der Waals surface area contributed by atoms with E-state index in [1.54, 1.807) is 25.1 Å². The molecule has 96 valence electrons. The molecule has 1 atom stereocenters. The largest absolute Gasteiger partial charge is 0.478 e. The van der Waals surface area contributed by atoms with Crippen molar-refractivity contribution in [3.05, 3.63) is 35.4 Å². The molecule has 1 saturated heterocycles. The van der Waals surface area contributed by atoms with E-state index in [2.05, 4.69) is 0 Å². The second-order valence-corrected chi connectivity index (χ2v) is 4.73. The van der Waals surface area contributed by atoms with E-state index in [4.69, 9.17) is 5.11 Å². The van der Waals surface area contributed by atoms with Crippen LogP contribution in [0.3, 0.4) is 0 Å². The van der Waals surface area contributed by atoms with E-state index in [9.17, 15) is 9.59 Å². The Kier molecular flexibility index (Phi) is 3.65. The fraction of sp³-hybridized carbons (Fsp3) is 0.429.